The summed E-state index contributed by atoms with van der Waals surface area (Å²) in [5, 5.41) is 0.282. The van der Waals surface area contributed by atoms with Gasteiger partial charge in [-0.2, -0.15) is 0 Å². The van der Waals surface area contributed by atoms with Crippen LogP contribution in [0.2, 0.25) is 5.02 Å². The van der Waals surface area contributed by atoms with Crippen LogP contribution < -0.4 is 11.5 Å². The predicted molar refractivity (Wildman–Crippen MR) is 85.2 cm³/mol. The van der Waals surface area contributed by atoms with Crippen molar-refractivity contribution >= 4 is 23.5 Å². The zero-order valence-electron chi connectivity index (χ0n) is 11.7. The summed E-state index contributed by atoms with van der Waals surface area (Å²) in [4.78, 5) is 22.6. The van der Waals surface area contributed by atoms with Crippen LogP contribution in [-0.2, 0) is 0 Å². The summed E-state index contributed by atoms with van der Waals surface area (Å²) >= 11 is 6.10. The van der Waals surface area contributed by atoms with Crippen molar-refractivity contribution in [3.63, 3.8) is 0 Å². The maximum atomic E-state index is 13.5. The Morgan fingerprint density at radius 3 is 2.74 bits per heavy atom. The molecule has 2 aromatic heterocycles. The number of halogens is 2. The standard InChI is InChI=1S/C15H11ClFN5O/c16-10-2-1-7(17)5-8(10)13-9(14(18)23)6-12(21-13)11-3-4-20-15(19)22-11/h1-6,21H,(H2,18,23)(H2,19,20,22). The predicted octanol–water partition coefficient (Wildman–Crippen LogP) is 2.61. The van der Waals surface area contributed by atoms with Crippen molar-refractivity contribution in [2.45, 2.75) is 0 Å². The lowest BCUT2D eigenvalue weighted by Crippen LogP contribution is -2.11. The van der Waals surface area contributed by atoms with Crippen LogP contribution in [0.15, 0.2) is 36.5 Å². The molecule has 3 aromatic rings. The largest absolute Gasteiger partial charge is 0.368 e. The zero-order valence-corrected chi connectivity index (χ0v) is 12.4. The lowest BCUT2D eigenvalue weighted by molar-refractivity contribution is 0.100. The van der Waals surface area contributed by atoms with Crippen molar-refractivity contribution in [1.29, 1.82) is 0 Å². The lowest BCUT2D eigenvalue weighted by atomic mass is 10.1. The van der Waals surface area contributed by atoms with Gasteiger partial charge in [-0.15, -0.1) is 0 Å². The molecule has 3 rings (SSSR count). The first kappa shape index (κ1) is 15.0. The molecule has 0 saturated carbocycles. The summed E-state index contributed by atoms with van der Waals surface area (Å²) in [5.41, 5.74) is 12.7. The first-order valence-corrected chi connectivity index (χ1v) is 6.90. The molecule has 0 atom stereocenters. The molecule has 0 radical (unpaired) electrons. The number of aromatic amines is 1. The minimum absolute atomic E-state index is 0.0862. The van der Waals surface area contributed by atoms with Crippen LogP contribution in [0, 0.1) is 5.82 Å². The Bertz CT molecular complexity index is 909. The smallest absolute Gasteiger partial charge is 0.250 e. The molecule has 2 heterocycles. The average Bonchev–Trinajstić information content (AvgIpc) is 2.95. The van der Waals surface area contributed by atoms with Gasteiger partial charge in [0.15, 0.2) is 0 Å². The highest BCUT2D eigenvalue weighted by Gasteiger charge is 2.18. The number of rotatable bonds is 3. The number of primary amides is 1. The first-order valence-electron chi connectivity index (χ1n) is 6.53. The maximum absolute atomic E-state index is 13.5. The summed E-state index contributed by atoms with van der Waals surface area (Å²) in [7, 11) is 0. The number of benzene rings is 1. The van der Waals surface area contributed by atoms with Crippen molar-refractivity contribution in [3.05, 3.63) is 52.9 Å². The number of hydrogen-bond donors (Lipinski definition) is 3. The van der Waals surface area contributed by atoms with Gasteiger partial charge in [-0.3, -0.25) is 4.79 Å². The van der Waals surface area contributed by atoms with Gasteiger partial charge < -0.3 is 16.5 Å². The minimum atomic E-state index is -0.676. The molecule has 0 unspecified atom stereocenters. The average molecular weight is 332 g/mol. The highest BCUT2D eigenvalue weighted by atomic mass is 35.5. The highest BCUT2D eigenvalue weighted by molar-refractivity contribution is 6.33. The van der Waals surface area contributed by atoms with E-state index in [0.29, 0.717) is 22.6 Å². The van der Waals surface area contributed by atoms with Gasteiger partial charge in [-0.05, 0) is 30.3 Å². The van der Waals surface area contributed by atoms with Gasteiger partial charge in [0, 0.05) is 11.8 Å². The third-order valence-electron chi connectivity index (χ3n) is 3.23. The summed E-state index contributed by atoms with van der Waals surface area (Å²) in [6.07, 6.45) is 1.48. The Kier molecular flexibility index (Phi) is 3.71. The fraction of sp³-hybridized carbons (Fsp3) is 0. The van der Waals surface area contributed by atoms with E-state index in [2.05, 4.69) is 15.0 Å². The van der Waals surface area contributed by atoms with Crippen LogP contribution in [-0.4, -0.2) is 20.9 Å². The topological polar surface area (TPSA) is 111 Å². The summed E-state index contributed by atoms with van der Waals surface area (Å²) in [6, 6.07) is 6.98. The molecule has 23 heavy (non-hydrogen) atoms. The van der Waals surface area contributed by atoms with Gasteiger partial charge in [0.1, 0.15) is 5.82 Å². The fourth-order valence-electron chi connectivity index (χ4n) is 2.21. The van der Waals surface area contributed by atoms with Crippen molar-refractivity contribution in [1.82, 2.24) is 15.0 Å². The molecule has 5 N–H and O–H groups in total. The number of carbonyl (C=O) groups is 1. The molecule has 0 aliphatic rings. The number of nitrogens with two attached hydrogens (primary N) is 2. The van der Waals surface area contributed by atoms with Crippen LogP contribution in [0.25, 0.3) is 22.6 Å². The van der Waals surface area contributed by atoms with E-state index >= 15 is 0 Å². The van der Waals surface area contributed by atoms with E-state index in [1.165, 1.54) is 30.5 Å². The Balaban J connectivity index is 2.21. The molecule has 8 heteroatoms. The van der Waals surface area contributed by atoms with Crippen LogP contribution in [0.5, 0.6) is 0 Å². The second-order valence-corrected chi connectivity index (χ2v) is 5.17. The van der Waals surface area contributed by atoms with E-state index < -0.39 is 11.7 Å². The van der Waals surface area contributed by atoms with Crippen LogP contribution in [0.4, 0.5) is 10.3 Å². The molecule has 116 valence electrons. The number of nitrogens with one attached hydrogen (secondary N) is 1. The van der Waals surface area contributed by atoms with Crippen molar-refractivity contribution in [2.24, 2.45) is 5.73 Å². The Labute approximate surface area is 135 Å². The van der Waals surface area contributed by atoms with E-state index in [9.17, 15) is 9.18 Å². The Morgan fingerprint density at radius 1 is 1.26 bits per heavy atom. The number of carbonyl (C=O) groups excluding carboxylic acids is 1. The Hall–Kier alpha value is -2.93. The number of hydrogen-bond acceptors (Lipinski definition) is 4. The van der Waals surface area contributed by atoms with Crippen molar-refractivity contribution in [3.8, 4) is 22.6 Å². The number of nitrogens with zero attached hydrogens (tertiary/aromatic N) is 2. The van der Waals surface area contributed by atoms with Crippen LogP contribution in [0.3, 0.4) is 0 Å². The summed E-state index contributed by atoms with van der Waals surface area (Å²) in [6.45, 7) is 0. The second kappa shape index (κ2) is 5.69. The molecule has 0 aliphatic heterocycles. The first-order chi connectivity index (χ1) is 11.0. The second-order valence-electron chi connectivity index (χ2n) is 4.76. The third-order valence-corrected chi connectivity index (χ3v) is 3.56. The third kappa shape index (κ3) is 2.86. The Morgan fingerprint density at radius 2 is 2.04 bits per heavy atom. The van der Waals surface area contributed by atoms with Gasteiger partial charge >= 0.3 is 0 Å². The van der Waals surface area contributed by atoms with E-state index in [4.69, 9.17) is 23.1 Å². The molecule has 1 amide bonds. The van der Waals surface area contributed by atoms with E-state index in [1.807, 2.05) is 0 Å². The molecule has 6 nitrogen and oxygen atoms in total. The lowest BCUT2D eigenvalue weighted by Gasteiger charge is -2.04. The van der Waals surface area contributed by atoms with Gasteiger partial charge in [0.05, 0.1) is 27.7 Å². The van der Waals surface area contributed by atoms with E-state index in [1.54, 1.807) is 6.07 Å². The SMILES string of the molecule is NC(=O)c1cc(-c2ccnc(N)n2)[nH]c1-c1cc(F)ccc1Cl. The van der Waals surface area contributed by atoms with E-state index in [0.717, 1.165) is 0 Å². The van der Waals surface area contributed by atoms with Gasteiger partial charge in [0.25, 0.3) is 5.91 Å². The van der Waals surface area contributed by atoms with Crippen LogP contribution in [0.1, 0.15) is 10.4 Å². The molecule has 0 aliphatic carbocycles. The highest BCUT2D eigenvalue weighted by Crippen LogP contribution is 2.33. The minimum Gasteiger partial charge on any atom is -0.368 e. The summed E-state index contributed by atoms with van der Waals surface area (Å²) in [5.74, 6) is -1.07. The normalized spacial score (nSPS) is 10.7. The van der Waals surface area contributed by atoms with Crippen LogP contribution >= 0.6 is 11.6 Å². The van der Waals surface area contributed by atoms with Gasteiger partial charge in [-0.1, -0.05) is 11.6 Å². The molecule has 0 fully saturated rings. The summed E-state index contributed by atoms with van der Waals surface area (Å²) < 4.78 is 13.5. The molecule has 0 bridgehead atoms. The number of H-pyrrole nitrogens is 1. The van der Waals surface area contributed by atoms with Gasteiger partial charge in [-0.25, -0.2) is 14.4 Å². The molecule has 0 saturated heterocycles. The zero-order chi connectivity index (χ0) is 16.6. The molecule has 1 aromatic carbocycles. The quantitative estimate of drug-likeness (QED) is 0.685. The molecular formula is C15H11ClFN5O. The number of anilines is 1. The number of nitrogen functional groups attached to an aromatic ring is 1. The van der Waals surface area contributed by atoms with Crippen molar-refractivity contribution in [2.75, 3.05) is 5.73 Å². The molecule has 0 spiro atoms. The van der Waals surface area contributed by atoms with Gasteiger partial charge in [0.2, 0.25) is 5.95 Å². The number of amides is 1. The number of aromatic nitrogens is 3. The monoisotopic (exact) mass is 331 g/mol. The van der Waals surface area contributed by atoms with Crippen molar-refractivity contribution < 1.29 is 9.18 Å². The van der Waals surface area contributed by atoms with E-state index in [-0.39, 0.29) is 16.5 Å². The maximum Gasteiger partial charge on any atom is 0.250 e. The fourth-order valence-corrected chi connectivity index (χ4v) is 2.42. The molecular weight excluding hydrogens is 321 g/mol.